The van der Waals surface area contributed by atoms with Gasteiger partial charge in [0.05, 0.1) is 12.7 Å². The van der Waals surface area contributed by atoms with Crippen molar-refractivity contribution in [3.63, 3.8) is 0 Å². The number of nitrogens with zero attached hydrogens (tertiary/aromatic N) is 1. The molecule has 0 saturated carbocycles. The molecule has 0 spiro atoms. The maximum absolute atomic E-state index is 11.3. The summed E-state index contributed by atoms with van der Waals surface area (Å²) in [5.74, 6) is 0. The Labute approximate surface area is 91.8 Å². The molecule has 0 unspecified atom stereocenters. The predicted molar refractivity (Wildman–Crippen MR) is 59.5 cm³/mol. The number of hydrogen-bond donors (Lipinski definition) is 0. The van der Waals surface area contributed by atoms with Crippen LogP contribution >= 0.6 is 15.9 Å². The Morgan fingerprint density at radius 1 is 1.50 bits per heavy atom. The molecule has 0 saturated heterocycles. The van der Waals surface area contributed by atoms with Crippen LogP contribution in [0, 0.1) is 0 Å². The van der Waals surface area contributed by atoms with Gasteiger partial charge in [-0.25, -0.2) is 0 Å². The number of aromatic nitrogens is 1. The second-order valence-corrected chi connectivity index (χ2v) is 4.21. The number of ether oxygens (including phenoxy) is 1. The van der Waals surface area contributed by atoms with E-state index >= 15 is 0 Å². The lowest BCUT2D eigenvalue weighted by Gasteiger charge is -2.09. The van der Waals surface area contributed by atoms with Gasteiger partial charge in [0, 0.05) is 23.3 Å². The SMILES string of the molecule is CC(C)OCCn1cc(Br)ccc1=O. The molecule has 1 heterocycles. The number of halogens is 1. The lowest BCUT2D eigenvalue weighted by atomic mass is 10.4. The van der Waals surface area contributed by atoms with E-state index in [2.05, 4.69) is 15.9 Å². The lowest BCUT2D eigenvalue weighted by Crippen LogP contribution is -2.21. The summed E-state index contributed by atoms with van der Waals surface area (Å²) in [6.45, 7) is 5.11. The van der Waals surface area contributed by atoms with Crippen molar-refractivity contribution in [1.29, 1.82) is 0 Å². The largest absolute Gasteiger partial charge is 0.377 e. The summed E-state index contributed by atoms with van der Waals surface area (Å²) < 4.78 is 7.90. The molecule has 0 amide bonds. The maximum atomic E-state index is 11.3. The highest BCUT2D eigenvalue weighted by atomic mass is 79.9. The molecule has 3 nitrogen and oxygen atoms in total. The van der Waals surface area contributed by atoms with Gasteiger partial charge in [-0.15, -0.1) is 0 Å². The van der Waals surface area contributed by atoms with Crippen LogP contribution in [0.25, 0.3) is 0 Å². The molecule has 1 aromatic heterocycles. The second-order valence-electron chi connectivity index (χ2n) is 3.30. The van der Waals surface area contributed by atoms with Gasteiger partial charge in [0.15, 0.2) is 0 Å². The average molecular weight is 260 g/mol. The van der Waals surface area contributed by atoms with Gasteiger partial charge < -0.3 is 9.30 Å². The van der Waals surface area contributed by atoms with Gasteiger partial charge in [0.2, 0.25) is 0 Å². The molecule has 1 rings (SSSR count). The van der Waals surface area contributed by atoms with Crippen molar-refractivity contribution >= 4 is 15.9 Å². The zero-order chi connectivity index (χ0) is 10.6. The Kier molecular flexibility index (Phi) is 4.35. The summed E-state index contributed by atoms with van der Waals surface area (Å²) in [5.41, 5.74) is 0.000515. The fraction of sp³-hybridized carbons (Fsp3) is 0.500. The zero-order valence-electron chi connectivity index (χ0n) is 8.37. The molecule has 0 aliphatic heterocycles. The standard InChI is InChI=1S/C10H14BrNO2/c1-8(2)14-6-5-12-7-9(11)3-4-10(12)13/h3-4,7-8H,5-6H2,1-2H3. The van der Waals surface area contributed by atoms with Crippen LogP contribution in [0.5, 0.6) is 0 Å². The zero-order valence-corrected chi connectivity index (χ0v) is 9.95. The first-order valence-corrected chi connectivity index (χ1v) is 5.36. The average Bonchev–Trinajstić information content (AvgIpc) is 2.10. The second kappa shape index (κ2) is 5.32. The van der Waals surface area contributed by atoms with E-state index in [9.17, 15) is 4.79 Å². The Hall–Kier alpha value is -0.610. The highest BCUT2D eigenvalue weighted by Crippen LogP contribution is 2.04. The maximum Gasteiger partial charge on any atom is 0.250 e. The van der Waals surface area contributed by atoms with Crippen molar-refractivity contribution in [3.05, 3.63) is 33.2 Å². The third-order valence-electron chi connectivity index (χ3n) is 1.73. The number of pyridine rings is 1. The topological polar surface area (TPSA) is 31.2 Å². The first kappa shape index (κ1) is 11.5. The van der Waals surface area contributed by atoms with Gasteiger partial charge in [-0.1, -0.05) is 0 Å². The molecule has 0 N–H and O–H groups in total. The molecular formula is C10H14BrNO2. The molecule has 0 aromatic carbocycles. The van der Waals surface area contributed by atoms with E-state index in [4.69, 9.17) is 4.74 Å². The van der Waals surface area contributed by atoms with Gasteiger partial charge in [0.1, 0.15) is 0 Å². The van der Waals surface area contributed by atoms with Crippen LogP contribution in [0.2, 0.25) is 0 Å². The van der Waals surface area contributed by atoms with Crippen molar-refractivity contribution in [3.8, 4) is 0 Å². The quantitative estimate of drug-likeness (QED) is 0.829. The molecule has 0 radical (unpaired) electrons. The summed E-state index contributed by atoms with van der Waals surface area (Å²) >= 11 is 3.32. The van der Waals surface area contributed by atoms with Crippen LogP contribution in [-0.2, 0) is 11.3 Å². The fourth-order valence-corrected chi connectivity index (χ4v) is 1.44. The predicted octanol–water partition coefficient (Wildman–Crippen LogP) is 2.04. The fourth-order valence-electron chi connectivity index (χ4n) is 1.06. The van der Waals surface area contributed by atoms with Crippen molar-refractivity contribution < 1.29 is 4.74 Å². The normalized spacial score (nSPS) is 10.9. The minimum absolute atomic E-state index is 0.000515. The first-order chi connectivity index (χ1) is 6.59. The van der Waals surface area contributed by atoms with E-state index in [-0.39, 0.29) is 11.7 Å². The van der Waals surface area contributed by atoms with Gasteiger partial charge in [-0.05, 0) is 35.8 Å². The molecule has 78 valence electrons. The Balaban J connectivity index is 2.58. The Morgan fingerprint density at radius 2 is 2.21 bits per heavy atom. The van der Waals surface area contributed by atoms with Gasteiger partial charge in [-0.2, -0.15) is 0 Å². The van der Waals surface area contributed by atoms with E-state index < -0.39 is 0 Å². The van der Waals surface area contributed by atoms with Crippen LogP contribution < -0.4 is 5.56 Å². The third-order valence-corrected chi connectivity index (χ3v) is 2.20. The monoisotopic (exact) mass is 259 g/mol. The van der Waals surface area contributed by atoms with Crippen molar-refractivity contribution in [2.45, 2.75) is 26.5 Å². The lowest BCUT2D eigenvalue weighted by molar-refractivity contribution is 0.0722. The minimum atomic E-state index is 0.000515. The molecule has 0 aliphatic carbocycles. The van der Waals surface area contributed by atoms with Gasteiger partial charge in [0.25, 0.3) is 5.56 Å². The van der Waals surface area contributed by atoms with Crippen molar-refractivity contribution in [2.24, 2.45) is 0 Å². The molecule has 0 aliphatic rings. The highest BCUT2D eigenvalue weighted by Gasteiger charge is 1.98. The van der Waals surface area contributed by atoms with E-state index in [0.29, 0.717) is 13.2 Å². The van der Waals surface area contributed by atoms with Gasteiger partial charge in [-0.3, -0.25) is 4.79 Å². The molecule has 0 fully saturated rings. The third kappa shape index (κ3) is 3.64. The van der Waals surface area contributed by atoms with E-state index in [0.717, 1.165) is 4.47 Å². The van der Waals surface area contributed by atoms with Crippen LogP contribution in [0.1, 0.15) is 13.8 Å². The molecule has 14 heavy (non-hydrogen) atoms. The summed E-state index contributed by atoms with van der Waals surface area (Å²) in [6, 6.07) is 3.28. The highest BCUT2D eigenvalue weighted by molar-refractivity contribution is 9.10. The molecular weight excluding hydrogens is 246 g/mol. The minimum Gasteiger partial charge on any atom is -0.377 e. The Morgan fingerprint density at radius 3 is 2.86 bits per heavy atom. The van der Waals surface area contributed by atoms with Crippen LogP contribution in [-0.4, -0.2) is 17.3 Å². The Bertz CT molecular complexity index is 346. The number of rotatable bonds is 4. The summed E-state index contributed by atoms with van der Waals surface area (Å²) in [4.78, 5) is 11.3. The van der Waals surface area contributed by atoms with E-state index in [1.165, 1.54) is 0 Å². The number of hydrogen-bond acceptors (Lipinski definition) is 2. The van der Waals surface area contributed by atoms with Crippen LogP contribution in [0.3, 0.4) is 0 Å². The smallest absolute Gasteiger partial charge is 0.250 e. The van der Waals surface area contributed by atoms with E-state index in [1.807, 2.05) is 13.8 Å². The van der Waals surface area contributed by atoms with Crippen molar-refractivity contribution in [2.75, 3.05) is 6.61 Å². The summed E-state index contributed by atoms with van der Waals surface area (Å²) in [6.07, 6.45) is 1.98. The molecule has 0 atom stereocenters. The summed E-state index contributed by atoms with van der Waals surface area (Å²) in [5, 5.41) is 0. The summed E-state index contributed by atoms with van der Waals surface area (Å²) in [7, 11) is 0. The van der Waals surface area contributed by atoms with Crippen LogP contribution in [0.15, 0.2) is 27.6 Å². The van der Waals surface area contributed by atoms with Crippen molar-refractivity contribution in [1.82, 2.24) is 4.57 Å². The first-order valence-electron chi connectivity index (χ1n) is 4.57. The molecule has 4 heteroatoms. The van der Waals surface area contributed by atoms with E-state index in [1.54, 1.807) is 22.9 Å². The van der Waals surface area contributed by atoms with Gasteiger partial charge >= 0.3 is 0 Å². The molecule has 0 bridgehead atoms. The molecule has 1 aromatic rings. The van der Waals surface area contributed by atoms with Crippen LogP contribution in [0.4, 0.5) is 0 Å².